The molecule has 0 spiro atoms. The smallest absolute Gasteiger partial charge is 0.254 e. The van der Waals surface area contributed by atoms with Gasteiger partial charge in [-0.25, -0.2) is 9.97 Å². The van der Waals surface area contributed by atoms with E-state index in [1.807, 2.05) is 37.3 Å². The number of hydrogen-bond donors (Lipinski definition) is 1. The van der Waals surface area contributed by atoms with Gasteiger partial charge in [-0.2, -0.15) is 19.1 Å². The van der Waals surface area contributed by atoms with Gasteiger partial charge in [0, 0.05) is 55.5 Å². The number of piperidine rings is 1. The van der Waals surface area contributed by atoms with Gasteiger partial charge in [0.1, 0.15) is 5.56 Å². The molecule has 2 N–H and O–H groups in total. The fraction of sp³-hybridized carbons (Fsp3) is 0.276. The van der Waals surface area contributed by atoms with Crippen molar-refractivity contribution in [2.75, 3.05) is 18.0 Å². The van der Waals surface area contributed by atoms with Crippen LogP contribution < -0.4 is 10.6 Å². The molecular weight excluding hydrogens is 514 g/mol. The Balaban J connectivity index is 1.51. The van der Waals surface area contributed by atoms with E-state index in [0.29, 0.717) is 49.4 Å². The second-order valence-electron chi connectivity index (χ2n) is 9.98. The third-order valence-corrected chi connectivity index (χ3v) is 7.28. The third kappa shape index (κ3) is 5.39. The number of benzene rings is 1. The molecule has 11 heteroatoms. The molecule has 1 fully saturated rings. The van der Waals surface area contributed by atoms with Crippen molar-refractivity contribution in [3.63, 3.8) is 0 Å². The first kappa shape index (κ1) is 26.9. The van der Waals surface area contributed by atoms with Gasteiger partial charge in [0.25, 0.3) is 5.91 Å². The summed E-state index contributed by atoms with van der Waals surface area (Å²) in [6.07, 6.45) is 5.63. The Morgan fingerprint density at radius 3 is 2.55 bits per heavy atom. The summed E-state index contributed by atoms with van der Waals surface area (Å²) >= 11 is 0. The normalized spacial score (nSPS) is 14.9. The molecule has 4 aromatic rings. The molecule has 5 rings (SSSR count). The summed E-state index contributed by atoms with van der Waals surface area (Å²) in [7, 11) is 0. The number of aryl methyl sites for hydroxylation is 1. The van der Waals surface area contributed by atoms with Gasteiger partial charge < -0.3 is 5.73 Å². The van der Waals surface area contributed by atoms with Crippen LogP contribution in [0, 0.1) is 30.2 Å². The van der Waals surface area contributed by atoms with Gasteiger partial charge in [-0.3, -0.25) is 19.3 Å². The van der Waals surface area contributed by atoms with Crippen LogP contribution in [-0.4, -0.2) is 43.6 Å². The highest BCUT2D eigenvalue weighted by molar-refractivity contribution is 5.99. The third-order valence-electron chi connectivity index (χ3n) is 7.28. The van der Waals surface area contributed by atoms with Gasteiger partial charge in [-0.15, -0.1) is 0 Å². The molecule has 1 saturated heterocycles. The standard InChI is InChI=1S/C29H28F2N8O/c1-20-15-21(26(31)35-17-20)18-37-13-9-29(8-11-32,10-14-37)38-19-24(27(33)40)28(36-38)39(22-5-3-2-4-6-22)23-7-12-34-25(30)16-23/h2-7,12,15-17,19H,8-10,13-14,18H2,1H3,(H2,33,40). The average Bonchev–Trinajstić information content (AvgIpc) is 3.39. The van der Waals surface area contributed by atoms with Crippen molar-refractivity contribution in [2.45, 2.75) is 38.3 Å². The van der Waals surface area contributed by atoms with Crippen LogP contribution in [0.4, 0.5) is 26.0 Å². The molecule has 1 amide bonds. The quantitative estimate of drug-likeness (QED) is 0.320. The van der Waals surface area contributed by atoms with Gasteiger partial charge in [-0.1, -0.05) is 18.2 Å². The van der Waals surface area contributed by atoms with E-state index >= 15 is 0 Å². The van der Waals surface area contributed by atoms with E-state index in [4.69, 9.17) is 10.8 Å². The number of aromatic nitrogens is 4. The second-order valence-corrected chi connectivity index (χ2v) is 9.98. The van der Waals surface area contributed by atoms with E-state index in [9.17, 15) is 18.8 Å². The lowest BCUT2D eigenvalue weighted by Crippen LogP contribution is -2.46. The van der Waals surface area contributed by atoms with E-state index in [-0.39, 0.29) is 17.8 Å². The number of carbonyl (C=O) groups is 1. The number of carbonyl (C=O) groups excluding carboxylic acids is 1. The molecule has 40 heavy (non-hydrogen) atoms. The van der Waals surface area contributed by atoms with Gasteiger partial charge >= 0.3 is 0 Å². The van der Waals surface area contributed by atoms with Gasteiger partial charge in [0.15, 0.2) is 5.82 Å². The maximum Gasteiger partial charge on any atom is 0.254 e. The molecule has 0 saturated carbocycles. The molecule has 0 atom stereocenters. The Labute approximate surface area is 230 Å². The van der Waals surface area contributed by atoms with Crippen molar-refractivity contribution in [1.29, 1.82) is 5.26 Å². The molecule has 9 nitrogen and oxygen atoms in total. The summed E-state index contributed by atoms with van der Waals surface area (Å²) in [5, 5.41) is 14.6. The number of nitriles is 1. The minimum absolute atomic E-state index is 0.133. The number of rotatable bonds is 8. The van der Waals surface area contributed by atoms with E-state index in [2.05, 4.69) is 20.9 Å². The topological polar surface area (TPSA) is 117 Å². The van der Waals surface area contributed by atoms with Crippen molar-refractivity contribution in [2.24, 2.45) is 5.73 Å². The fourth-order valence-corrected chi connectivity index (χ4v) is 5.18. The number of halogens is 2. The first-order valence-electron chi connectivity index (χ1n) is 12.9. The molecular formula is C29H28F2N8O. The van der Waals surface area contributed by atoms with Crippen LogP contribution in [0.1, 0.15) is 40.7 Å². The maximum absolute atomic E-state index is 14.3. The minimum atomic E-state index is -0.719. The molecule has 0 unspecified atom stereocenters. The van der Waals surface area contributed by atoms with Crippen LogP contribution in [0.3, 0.4) is 0 Å². The van der Waals surface area contributed by atoms with Crippen LogP contribution in [0.5, 0.6) is 0 Å². The fourth-order valence-electron chi connectivity index (χ4n) is 5.18. The van der Waals surface area contributed by atoms with Crippen molar-refractivity contribution in [3.8, 4) is 6.07 Å². The molecule has 1 aromatic carbocycles. The lowest BCUT2D eigenvalue weighted by atomic mass is 9.84. The zero-order valence-corrected chi connectivity index (χ0v) is 22.0. The summed E-state index contributed by atoms with van der Waals surface area (Å²) in [6.45, 7) is 3.42. The molecule has 0 radical (unpaired) electrons. The summed E-state index contributed by atoms with van der Waals surface area (Å²) in [5.41, 5.74) is 7.67. The van der Waals surface area contributed by atoms with Gasteiger partial charge in [0.2, 0.25) is 11.9 Å². The first-order chi connectivity index (χ1) is 19.3. The SMILES string of the molecule is Cc1cnc(F)c(CN2CCC(CC#N)(n3cc(C(N)=O)c(N(c4ccccc4)c4ccnc(F)c4)n3)CC2)c1. The van der Waals surface area contributed by atoms with Gasteiger partial charge in [-0.05, 0) is 49.6 Å². The Kier molecular flexibility index (Phi) is 7.53. The molecule has 1 aliphatic rings. The monoisotopic (exact) mass is 542 g/mol. The Bertz CT molecular complexity index is 1560. The first-order valence-corrected chi connectivity index (χ1v) is 12.9. The lowest BCUT2D eigenvalue weighted by Gasteiger charge is -2.40. The lowest BCUT2D eigenvalue weighted by molar-refractivity contribution is 0.0960. The Morgan fingerprint density at radius 2 is 1.88 bits per heavy atom. The largest absolute Gasteiger partial charge is 0.365 e. The molecule has 204 valence electrons. The maximum atomic E-state index is 14.3. The van der Waals surface area contributed by atoms with Crippen molar-refractivity contribution in [3.05, 3.63) is 95.7 Å². The average molecular weight is 543 g/mol. The summed E-state index contributed by atoms with van der Waals surface area (Å²) in [4.78, 5) is 23.9. The van der Waals surface area contributed by atoms with Crippen molar-refractivity contribution in [1.82, 2.24) is 24.6 Å². The second kappa shape index (κ2) is 11.2. The minimum Gasteiger partial charge on any atom is -0.365 e. The van der Waals surface area contributed by atoms with Gasteiger partial charge in [0.05, 0.1) is 23.7 Å². The number of nitrogens with zero attached hydrogens (tertiary/aromatic N) is 7. The van der Waals surface area contributed by atoms with Crippen LogP contribution >= 0.6 is 0 Å². The molecule has 0 bridgehead atoms. The van der Waals surface area contributed by atoms with E-state index in [1.54, 1.807) is 27.9 Å². The zero-order chi connectivity index (χ0) is 28.3. The summed E-state index contributed by atoms with van der Waals surface area (Å²) in [5.74, 6) is -1.66. The number of hydrogen-bond acceptors (Lipinski definition) is 7. The van der Waals surface area contributed by atoms with Crippen LogP contribution in [0.25, 0.3) is 0 Å². The highest BCUT2D eigenvalue weighted by atomic mass is 19.1. The Hall–Kier alpha value is -4.69. The molecule has 0 aliphatic carbocycles. The highest BCUT2D eigenvalue weighted by Crippen LogP contribution is 2.39. The highest BCUT2D eigenvalue weighted by Gasteiger charge is 2.39. The predicted octanol–water partition coefficient (Wildman–Crippen LogP) is 4.73. The number of likely N-dealkylation sites (tertiary alicyclic amines) is 1. The van der Waals surface area contributed by atoms with Crippen molar-refractivity contribution >= 4 is 23.1 Å². The number of anilines is 3. The van der Waals surface area contributed by atoms with E-state index in [1.165, 1.54) is 18.5 Å². The Morgan fingerprint density at radius 1 is 1.12 bits per heavy atom. The van der Waals surface area contributed by atoms with Crippen LogP contribution in [-0.2, 0) is 12.1 Å². The zero-order valence-electron chi connectivity index (χ0n) is 22.0. The van der Waals surface area contributed by atoms with Crippen molar-refractivity contribution < 1.29 is 13.6 Å². The molecule has 1 aliphatic heterocycles. The van der Waals surface area contributed by atoms with E-state index < -0.39 is 23.3 Å². The molecule has 3 aromatic heterocycles. The van der Waals surface area contributed by atoms with E-state index in [0.717, 1.165) is 5.56 Å². The number of amides is 1. The number of nitrogens with two attached hydrogens (primary N) is 1. The summed E-state index contributed by atoms with van der Waals surface area (Å²) < 4.78 is 30.1. The molecule has 4 heterocycles. The number of pyridine rings is 2. The number of primary amides is 1. The predicted molar refractivity (Wildman–Crippen MR) is 145 cm³/mol. The van der Waals surface area contributed by atoms with Crippen LogP contribution in [0.15, 0.2) is 67.1 Å². The summed E-state index contributed by atoms with van der Waals surface area (Å²) in [6, 6.07) is 16.0. The number of para-hydroxylation sites is 1. The van der Waals surface area contributed by atoms with Crippen LogP contribution in [0.2, 0.25) is 0 Å².